The van der Waals surface area contributed by atoms with Crippen molar-refractivity contribution in [3.8, 4) is 11.1 Å². The van der Waals surface area contributed by atoms with Crippen LogP contribution in [0.25, 0.3) is 11.1 Å². The van der Waals surface area contributed by atoms with Gasteiger partial charge in [-0.15, -0.1) is 11.3 Å². The van der Waals surface area contributed by atoms with Gasteiger partial charge in [-0.25, -0.2) is 9.78 Å². The maximum atomic E-state index is 13.1. The molecule has 6 heteroatoms. The molecule has 1 amide bonds. The lowest BCUT2D eigenvalue weighted by molar-refractivity contribution is 0.0520. The van der Waals surface area contributed by atoms with Crippen molar-refractivity contribution < 1.29 is 14.3 Å². The molecule has 1 fully saturated rings. The van der Waals surface area contributed by atoms with Gasteiger partial charge in [0.1, 0.15) is 5.01 Å². The number of hydrogen-bond acceptors (Lipinski definition) is 5. The van der Waals surface area contributed by atoms with Crippen molar-refractivity contribution in [2.24, 2.45) is 0 Å². The van der Waals surface area contributed by atoms with Crippen LogP contribution in [-0.2, 0) is 11.3 Å². The van der Waals surface area contributed by atoms with Crippen molar-refractivity contribution in [3.63, 3.8) is 0 Å². The Morgan fingerprint density at radius 3 is 2.41 bits per heavy atom. The molecule has 0 bridgehead atoms. The first-order chi connectivity index (χ1) is 14.2. The van der Waals surface area contributed by atoms with Crippen LogP contribution < -0.4 is 0 Å². The molecule has 0 aliphatic heterocycles. The first-order valence-corrected chi connectivity index (χ1v) is 10.6. The monoisotopic (exact) mass is 406 g/mol. The van der Waals surface area contributed by atoms with Crippen LogP contribution in [0.2, 0.25) is 0 Å². The Morgan fingerprint density at radius 2 is 1.76 bits per heavy atom. The number of ether oxygens (including phenoxy) is 1. The number of carbonyl (C=O) groups is 2. The molecule has 1 saturated carbocycles. The van der Waals surface area contributed by atoms with Gasteiger partial charge in [0.05, 0.1) is 13.2 Å². The number of esters is 1. The molecule has 0 N–H and O–H groups in total. The van der Waals surface area contributed by atoms with Crippen LogP contribution in [0.1, 0.15) is 45.6 Å². The van der Waals surface area contributed by atoms with Crippen LogP contribution >= 0.6 is 11.3 Å². The summed E-state index contributed by atoms with van der Waals surface area (Å²) in [6.45, 7) is 2.49. The number of nitrogens with zero attached hydrogens (tertiary/aromatic N) is 2. The zero-order valence-corrected chi connectivity index (χ0v) is 17.0. The SMILES string of the molecule is CCOC(=O)c1csc(CN(C(=O)c2ccc(-c3ccccc3)cc2)C2CC2)n1. The summed E-state index contributed by atoms with van der Waals surface area (Å²) < 4.78 is 5.00. The average molecular weight is 407 g/mol. The Balaban J connectivity index is 1.49. The summed E-state index contributed by atoms with van der Waals surface area (Å²) >= 11 is 1.38. The van der Waals surface area contributed by atoms with Crippen molar-refractivity contribution in [2.75, 3.05) is 6.61 Å². The fourth-order valence-corrected chi connectivity index (χ4v) is 3.94. The summed E-state index contributed by atoms with van der Waals surface area (Å²) in [5.74, 6) is -0.421. The van der Waals surface area contributed by atoms with Crippen molar-refractivity contribution in [1.29, 1.82) is 0 Å². The molecule has 1 aromatic heterocycles. The fraction of sp³-hybridized carbons (Fsp3) is 0.261. The third-order valence-electron chi connectivity index (χ3n) is 4.83. The minimum atomic E-state index is -0.421. The van der Waals surface area contributed by atoms with Gasteiger partial charge in [0.15, 0.2) is 5.69 Å². The molecule has 2 aromatic carbocycles. The second-order valence-electron chi connectivity index (χ2n) is 6.95. The largest absolute Gasteiger partial charge is 0.461 e. The number of carbonyl (C=O) groups excluding carboxylic acids is 2. The van der Waals surface area contributed by atoms with Crippen LogP contribution in [0.5, 0.6) is 0 Å². The van der Waals surface area contributed by atoms with Gasteiger partial charge in [0.25, 0.3) is 5.91 Å². The molecule has 1 aliphatic carbocycles. The molecule has 1 aliphatic rings. The van der Waals surface area contributed by atoms with E-state index in [9.17, 15) is 9.59 Å². The van der Waals surface area contributed by atoms with Gasteiger partial charge in [-0.1, -0.05) is 42.5 Å². The molecule has 0 atom stereocenters. The second-order valence-corrected chi connectivity index (χ2v) is 7.90. The molecule has 5 nitrogen and oxygen atoms in total. The van der Waals surface area contributed by atoms with E-state index in [1.54, 1.807) is 12.3 Å². The summed E-state index contributed by atoms with van der Waals surface area (Å²) in [5, 5.41) is 2.44. The summed E-state index contributed by atoms with van der Waals surface area (Å²) in [5.41, 5.74) is 3.18. The maximum Gasteiger partial charge on any atom is 0.357 e. The van der Waals surface area contributed by atoms with Gasteiger partial charge >= 0.3 is 5.97 Å². The Morgan fingerprint density at radius 1 is 1.07 bits per heavy atom. The molecular formula is C23H22N2O3S. The number of benzene rings is 2. The molecule has 29 heavy (non-hydrogen) atoms. The van der Waals surface area contributed by atoms with Crippen LogP contribution in [0, 0.1) is 0 Å². The zero-order valence-electron chi connectivity index (χ0n) is 16.2. The first kappa shape index (κ1) is 19.3. The fourth-order valence-electron chi connectivity index (χ4n) is 3.18. The van der Waals surface area contributed by atoms with E-state index in [1.807, 2.05) is 47.4 Å². The highest BCUT2D eigenvalue weighted by atomic mass is 32.1. The molecule has 1 heterocycles. The van der Waals surface area contributed by atoms with Gasteiger partial charge in [-0.05, 0) is 43.0 Å². The van der Waals surface area contributed by atoms with E-state index in [0.29, 0.717) is 24.4 Å². The third-order valence-corrected chi connectivity index (χ3v) is 5.66. The zero-order chi connectivity index (χ0) is 20.2. The molecule has 0 radical (unpaired) electrons. The number of aromatic nitrogens is 1. The normalized spacial score (nSPS) is 13.1. The molecular weight excluding hydrogens is 384 g/mol. The minimum Gasteiger partial charge on any atom is -0.461 e. The van der Waals surface area contributed by atoms with Crippen LogP contribution in [-0.4, -0.2) is 34.4 Å². The number of hydrogen-bond donors (Lipinski definition) is 0. The molecule has 0 spiro atoms. The lowest BCUT2D eigenvalue weighted by atomic mass is 10.0. The Kier molecular flexibility index (Phi) is 5.71. The molecule has 0 saturated heterocycles. The summed E-state index contributed by atoms with van der Waals surface area (Å²) in [7, 11) is 0. The molecule has 4 rings (SSSR count). The molecule has 0 unspecified atom stereocenters. The average Bonchev–Trinajstić information content (AvgIpc) is 3.49. The van der Waals surface area contributed by atoms with Gasteiger partial charge in [-0.2, -0.15) is 0 Å². The summed E-state index contributed by atoms with van der Waals surface area (Å²) in [6, 6.07) is 18.1. The van der Waals surface area contributed by atoms with Gasteiger partial charge in [-0.3, -0.25) is 4.79 Å². The van der Waals surface area contributed by atoms with Crippen LogP contribution in [0.15, 0.2) is 60.0 Å². The number of thiazole rings is 1. The topological polar surface area (TPSA) is 59.5 Å². The van der Waals surface area contributed by atoms with E-state index in [-0.39, 0.29) is 11.9 Å². The second kappa shape index (κ2) is 8.57. The van der Waals surface area contributed by atoms with Gasteiger partial charge in [0, 0.05) is 17.0 Å². The Bertz CT molecular complexity index is 994. The van der Waals surface area contributed by atoms with E-state index in [1.165, 1.54) is 11.3 Å². The van der Waals surface area contributed by atoms with E-state index in [0.717, 1.165) is 29.0 Å². The van der Waals surface area contributed by atoms with E-state index < -0.39 is 5.97 Å². The quantitative estimate of drug-likeness (QED) is 0.529. The predicted molar refractivity (Wildman–Crippen MR) is 113 cm³/mol. The third kappa shape index (κ3) is 4.54. The molecule has 3 aromatic rings. The smallest absolute Gasteiger partial charge is 0.357 e. The van der Waals surface area contributed by atoms with Crippen molar-refractivity contribution in [2.45, 2.75) is 32.4 Å². The lowest BCUT2D eigenvalue weighted by Gasteiger charge is -2.21. The van der Waals surface area contributed by atoms with Gasteiger partial charge in [0.2, 0.25) is 0 Å². The number of rotatable bonds is 7. The van der Waals surface area contributed by atoms with Crippen molar-refractivity contribution >= 4 is 23.2 Å². The minimum absolute atomic E-state index is 0.00000333. The van der Waals surface area contributed by atoms with Crippen molar-refractivity contribution in [1.82, 2.24) is 9.88 Å². The van der Waals surface area contributed by atoms with E-state index in [2.05, 4.69) is 17.1 Å². The van der Waals surface area contributed by atoms with E-state index >= 15 is 0 Å². The van der Waals surface area contributed by atoms with Crippen molar-refractivity contribution in [3.05, 3.63) is 76.2 Å². The lowest BCUT2D eigenvalue weighted by Crippen LogP contribution is -2.32. The molecule has 148 valence electrons. The Hall–Kier alpha value is -2.99. The number of amides is 1. The Labute approximate surface area is 174 Å². The maximum absolute atomic E-state index is 13.1. The predicted octanol–water partition coefficient (Wildman–Crippen LogP) is 4.79. The van der Waals surface area contributed by atoms with Gasteiger partial charge < -0.3 is 9.64 Å². The van der Waals surface area contributed by atoms with Crippen LogP contribution in [0.4, 0.5) is 0 Å². The highest BCUT2D eigenvalue weighted by molar-refractivity contribution is 7.09. The highest BCUT2D eigenvalue weighted by Gasteiger charge is 2.33. The summed E-state index contributed by atoms with van der Waals surface area (Å²) in [6.07, 6.45) is 2.01. The van der Waals surface area contributed by atoms with Crippen LogP contribution in [0.3, 0.4) is 0 Å². The summed E-state index contributed by atoms with van der Waals surface area (Å²) in [4.78, 5) is 31.2. The van der Waals surface area contributed by atoms with E-state index in [4.69, 9.17) is 4.74 Å². The standard InChI is InChI=1S/C23H22N2O3S/c1-2-28-23(27)20-15-29-21(24-20)14-25(19-12-13-19)22(26)18-10-8-17(9-11-18)16-6-4-3-5-7-16/h3-11,15,19H,2,12-14H2,1H3. The highest BCUT2D eigenvalue weighted by Crippen LogP contribution is 2.31. The first-order valence-electron chi connectivity index (χ1n) is 9.73.